The Hall–Kier alpha value is -3.16. The van der Waals surface area contributed by atoms with Gasteiger partial charge < -0.3 is 15.4 Å². The number of benzene rings is 2. The van der Waals surface area contributed by atoms with Gasteiger partial charge in [0.15, 0.2) is 0 Å². The minimum atomic E-state index is -0.569. The van der Waals surface area contributed by atoms with Crippen LogP contribution < -0.4 is 15.4 Å². The van der Waals surface area contributed by atoms with E-state index in [1.54, 1.807) is 18.2 Å². The number of rotatable bonds is 6. The fourth-order valence-corrected chi connectivity index (χ4v) is 2.09. The number of halogens is 1. The van der Waals surface area contributed by atoms with Crippen LogP contribution in [0.3, 0.4) is 0 Å². The first-order chi connectivity index (χ1) is 11.5. The number of anilines is 1. The summed E-state index contributed by atoms with van der Waals surface area (Å²) in [7, 11) is 1.39. The van der Waals surface area contributed by atoms with Crippen molar-refractivity contribution < 1.29 is 18.8 Å². The molecule has 0 aliphatic heterocycles. The molecule has 126 valence electrons. The SMILES string of the molecule is COc1ccc([N+](=O)[O-])cc1NC(=O)NCCc1ccccc1F. The summed E-state index contributed by atoms with van der Waals surface area (Å²) in [6.45, 7) is 0.212. The average Bonchev–Trinajstić information content (AvgIpc) is 2.56. The molecule has 2 aromatic carbocycles. The van der Waals surface area contributed by atoms with Crippen LogP contribution in [0.5, 0.6) is 5.75 Å². The van der Waals surface area contributed by atoms with Crippen molar-refractivity contribution >= 4 is 17.4 Å². The van der Waals surface area contributed by atoms with Gasteiger partial charge in [0.25, 0.3) is 5.69 Å². The van der Waals surface area contributed by atoms with Gasteiger partial charge in [0.1, 0.15) is 11.6 Å². The molecule has 0 fully saturated rings. The molecule has 0 saturated heterocycles. The van der Waals surface area contributed by atoms with Gasteiger partial charge in [0.05, 0.1) is 17.7 Å². The predicted molar refractivity (Wildman–Crippen MR) is 86.8 cm³/mol. The van der Waals surface area contributed by atoms with Gasteiger partial charge in [0.2, 0.25) is 0 Å². The van der Waals surface area contributed by atoms with Gasteiger partial charge in [-0.3, -0.25) is 10.1 Å². The zero-order valence-corrected chi connectivity index (χ0v) is 12.9. The van der Waals surface area contributed by atoms with Gasteiger partial charge in [-0.1, -0.05) is 18.2 Å². The number of nitro benzene ring substituents is 1. The van der Waals surface area contributed by atoms with Gasteiger partial charge in [-0.05, 0) is 24.1 Å². The Morgan fingerprint density at radius 2 is 2.04 bits per heavy atom. The molecule has 7 nitrogen and oxygen atoms in total. The first kappa shape index (κ1) is 17.2. The molecule has 0 atom stereocenters. The van der Waals surface area contributed by atoms with Crippen LogP contribution in [-0.4, -0.2) is 24.6 Å². The third-order valence-corrected chi connectivity index (χ3v) is 3.28. The Morgan fingerprint density at radius 1 is 1.29 bits per heavy atom. The zero-order valence-electron chi connectivity index (χ0n) is 12.9. The normalized spacial score (nSPS) is 10.1. The number of hydrogen-bond acceptors (Lipinski definition) is 4. The molecule has 2 N–H and O–H groups in total. The van der Waals surface area contributed by atoms with Crippen LogP contribution in [0.25, 0.3) is 0 Å². The largest absolute Gasteiger partial charge is 0.495 e. The van der Waals surface area contributed by atoms with Crippen LogP contribution in [0.1, 0.15) is 5.56 Å². The molecule has 0 spiro atoms. The summed E-state index contributed by atoms with van der Waals surface area (Å²) in [4.78, 5) is 22.1. The summed E-state index contributed by atoms with van der Waals surface area (Å²) in [6, 6.07) is 9.61. The smallest absolute Gasteiger partial charge is 0.319 e. The Bertz CT molecular complexity index is 752. The second-order valence-corrected chi connectivity index (χ2v) is 4.86. The molecule has 2 amide bonds. The summed E-state index contributed by atoms with van der Waals surface area (Å²) in [5.41, 5.74) is 0.498. The van der Waals surface area contributed by atoms with Crippen molar-refractivity contribution in [2.24, 2.45) is 0 Å². The second-order valence-electron chi connectivity index (χ2n) is 4.86. The van der Waals surface area contributed by atoms with Crippen molar-refractivity contribution in [3.8, 4) is 5.75 Å². The number of nitro groups is 1. The standard InChI is InChI=1S/C16H16FN3O4/c1-24-15-7-6-12(20(22)23)10-14(15)19-16(21)18-9-8-11-4-2-3-5-13(11)17/h2-7,10H,8-9H2,1H3,(H2,18,19,21). The van der Waals surface area contributed by atoms with Crippen molar-refractivity contribution in [2.45, 2.75) is 6.42 Å². The number of ether oxygens (including phenoxy) is 1. The number of hydrogen-bond donors (Lipinski definition) is 2. The summed E-state index contributed by atoms with van der Waals surface area (Å²) < 4.78 is 18.5. The van der Waals surface area contributed by atoms with Gasteiger partial charge in [-0.15, -0.1) is 0 Å². The molecular weight excluding hydrogens is 317 g/mol. The van der Waals surface area contributed by atoms with E-state index in [0.717, 1.165) is 0 Å². The summed E-state index contributed by atoms with van der Waals surface area (Å²) in [6.07, 6.45) is 0.326. The van der Waals surface area contributed by atoms with Crippen molar-refractivity contribution in [1.29, 1.82) is 0 Å². The summed E-state index contributed by atoms with van der Waals surface area (Å²) in [5.74, 6) is -0.0371. The van der Waals surface area contributed by atoms with Crippen molar-refractivity contribution in [3.05, 3.63) is 64.0 Å². The molecule has 0 bridgehead atoms. The highest BCUT2D eigenvalue weighted by Crippen LogP contribution is 2.28. The molecule has 0 aromatic heterocycles. The molecule has 2 aromatic rings. The van der Waals surface area contributed by atoms with Crippen LogP contribution in [0.4, 0.5) is 20.6 Å². The van der Waals surface area contributed by atoms with Crippen LogP contribution in [-0.2, 0) is 6.42 Å². The number of non-ortho nitro benzene ring substituents is 1. The highest BCUT2D eigenvalue weighted by atomic mass is 19.1. The van der Waals surface area contributed by atoms with Crippen LogP contribution in [0, 0.1) is 15.9 Å². The number of methoxy groups -OCH3 is 1. The van der Waals surface area contributed by atoms with Gasteiger partial charge in [-0.25, -0.2) is 9.18 Å². The highest BCUT2D eigenvalue weighted by molar-refractivity contribution is 5.91. The third kappa shape index (κ3) is 4.42. The maximum absolute atomic E-state index is 13.5. The Balaban J connectivity index is 1.95. The van der Waals surface area contributed by atoms with E-state index in [4.69, 9.17) is 4.74 Å². The molecule has 0 radical (unpaired) electrons. The first-order valence-electron chi connectivity index (χ1n) is 7.12. The summed E-state index contributed by atoms with van der Waals surface area (Å²) in [5, 5.41) is 15.8. The topological polar surface area (TPSA) is 93.5 Å². The van der Waals surface area contributed by atoms with Gasteiger partial charge in [0, 0.05) is 18.7 Å². The van der Waals surface area contributed by atoms with E-state index in [-0.39, 0.29) is 23.7 Å². The molecule has 0 aliphatic rings. The number of amides is 2. The molecule has 0 saturated carbocycles. The molecule has 24 heavy (non-hydrogen) atoms. The maximum Gasteiger partial charge on any atom is 0.319 e. The summed E-state index contributed by atoms with van der Waals surface area (Å²) >= 11 is 0. The van der Waals surface area contributed by atoms with Crippen LogP contribution in [0.15, 0.2) is 42.5 Å². The van der Waals surface area contributed by atoms with Crippen molar-refractivity contribution in [2.75, 3.05) is 19.0 Å². The van der Waals surface area contributed by atoms with E-state index in [1.807, 2.05) is 0 Å². The van der Waals surface area contributed by atoms with Crippen LogP contribution in [0.2, 0.25) is 0 Å². The molecule has 2 rings (SSSR count). The Kier molecular flexibility index (Phi) is 5.67. The number of carbonyl (C=O) groups excluding carboxylic acids is 1. The lowest BCUT2D eigenvalue weighted by Crippen LogP contribution is -2.30. The fraction of sp³-hybridized carbons (Fsp3) is 0.188. The number of nitrogens with zero attached hydrogens (tertiary/aromatic N) is 1. The van der Waals surface area contributed by atoms with E-state index < -0.39 is 11.0 Å². The second kappa shape index (κ2) is 7.91. The van der Waals surface area contributed by atoms with Gasteiger partial charge >= 0.3 is 6.03 Å². The lowest BCUT2D eigenvalue weighted by molar-refractivity contribution is -0.384. The molecule has 0 heterocycles. The first-order valence-corrected chi connectivity index (χ1v) is 7.12. The number of urea groups is 1. The van der Waals surface area contributed by atoms with E-state index in [0.29, 0.717) is 17.7 Å². The minimum Gasteiger partial charge on any atom is -0.495 e. The predicted octanol–water partition coefficient (Wildman–Crippen LogP) is 3.11. The minimum absolute atomic E-state index is 0.169. The maximum atomic E-state index is 13.5. The van der Waals surface area contributed by atoms with E-state index in [1.165, 1.54) is 31.4 Å². The zero-order chi connectivity index (χ0) is 17.5. The number of nitrogens with one attached hydrogen (secondary N) is 2. The quantitative estimate of drug-likeness (QED) is 0.627. The molecule has 0 unspecified atom stereocenters. The van der Waals surface area contributed by atoms with Crippen LogP contribution >= 0.6 is 0 Å². The van der Waals surface area contributed by atoms with E-state index in [2.05, 4.69) is 10.6 Å². The Morgan fingerprint density at radius 3 is 2.71 bits per heavy atom. The van der Waals surface area contributed by atoms with Crippen molar-refractivity contribution in [1.82, 2.24) is 5.32 Å². The van der Waals surface area contributed by atoms with Crippen molar-refractivity contribution in [3.63, 3.8) is 0 Å². The fourth-order valence-electron chi connectivity index (χ4n) is 2.09. The number of carbonyl (C=O) groups is 1. The molecule has 8 heteroatoms. The lowest BCUT2D eigenvalue weighted by Gasteiger charge is -2.11. The van der Waals surface area contributed by atoms with E-state index in [9.17, 15) is 19.3 Å². The molecular formula is C16H16FN3O4. The monoisotopic (exact) mass is 333 g/mol. The van der Waals surface area contributed by atoms with E-state index >= 15 is 0 Å². The third-order valence-electron chi connectivity index (χ3n) is 3.28. The van der Waals surface area contributed by atoms with Gasteiger partial charge in [-0.2, -0.15) is 0 Å². The average molecular weight is 333 g/mol. The molecule has 0 aliphatic carbocycles. The highest BCUT2D eigenvalue weighted by Gasteiger charge is 2.13. The lowest BCUT2D eigenvalue weighted by atomic mass is 10.1. The Labute approximate surface area is 137 Å².